The summed E-state index contributed by atoms with van der Waals surface area (Å²) >= 11 is 6.13. The van der Waals surface area contributed by atoms with Gasteiger partial charge in [0.15, 0.2) is 11.0 Å². The van der Waals surface area contributed by atoms with Crippen LogP contribution in [0.5, 0.6) is 0 Å². The summed E-state index contributed by atoms with van der Waals surface area (Å²) in [5, 5.41) is 0.426. The molecule has 0 unspecified atom stereocenters. The molecule has 96 valence electrons. The van der Waals surface area contributed by atoms with Gasteiger partial charge in [0.25, 0.3) is 0 Å². The quantitative estimate of drug-likeness (QED) is 0.853. The van der Waals surface area contributed by atoms with E-state index >= 15 is 0 Å². The molecule has 0 bridgehead atoms. The maximum absolute atomic E-state index is 6.13. The molecule has 5 nitrogen and oxygen atoms in total. The van der Waals surface area contributed by atoms with Crippen LogP contribution in [0.3, 0.4) is 0 Å². The monoisotopic (exact) mass is 265 g/mol. The van der Waals surface area contributed by atoms with Crippen molar-refractivity contribution in [3.8, 4) is 0 Å². The van der Waals surface area contributed by atoms with Crippen LogP contribution in [0.4, 0.5) is 5.82 Å². The highest BCUT2D eigenvalue weighted by atomic mass is 35.5. The summed E-state index contributed by atoms with van der Waals surface area (Å²) in [4.78, 5) is 15.0. The summed E-state index contributed by atoms with van der Waals surface area (Å²) in [6.45, 7) is 4.47. The van der Waals surface area contributed by atoms with Gasteiger partial charge in [0, 0.05) is 26.5 Å². The van der Waals surface area contributed by atoms with Crippen LogP contribution in [-0.4, -0.2) is 26.6 Å². The second-order valence-corrected chi connectivity index (χ2v) is 4.68. The lowest BCUT2D eigenvalue weighted by molar-refractivity contribution is 0.752. The Balaban J connectivity index is 2.26. The van der Waals surface area contributed by atoms with Crippen LogP contribution in [0.2, 0.25) is 5.15 Å². The molecule has 0 aromatic carbocycles. The Hall–Kier alpha value is -1.62. The molecule has 0 saturated heterocycles. The predicted molar refractivity (Wildman–Crippen MR) is 71.8 cm³/mol. The maximum atomic E-state index is 6.13. The maximum Gasteiger partial charge on any atom is 0.171 e. The SMILES string of the molecule is Cc1nc(Cl)c(N(C)Cc2nccn2C)nc1C. The van der Waals surface area contributed by atoms with E-state index in [1.54, 1.807) is 6.20 Å². The summed E-state index contributed by atoms with van der Waals surface area (Å²) in [5.41, 5.74) is 1.75. The Bertz CT molecular complexity index is 564. The van der Waals surface area contributed by atoms with Crippen LogP contribution in [0, 0.1) is 13.8 Å². The molecule has 6 heteroatoms. The molecule has 0 radical (unpaired) electrons. The van der Waals surface area contributed by atoms with Crippen LogP contribution in [0.1, 0.15) is 17.2 Å². The number of hydrogen-bond acceptors (Lipinski definition) is 4. The summed E-state index contributed by atoms with van der Waals surface area (Å²) in [5.74, 6) is 1.64. The molecule has 0 aliphatic heterocycles. The third-order valence-electron chi connectivity index (χ3n) is 2.91. The highest BCUT2D eigenvalue weighted by Gasteiger charge is 2.13. The second kappa shape index (κ2) is 4.94. The van der Waals surface area contributed by atoms with Crippen molar-refractivity contribution < 1.29 is 0 Å². The zero-order valence-electron chi connectivity index (χ0n) is 11.0. The standard InChI is InChI=1S/C12H16ClN5/c1-8-9(2)16-12(11(13)15-8)18(4)7-10-14-5-6-17(10)3/h5-6H,7H2,1-4H3. The van der Waals surface area contributed by atoms with Gasteiger partial charge in [-0.3, -0.25) is 0 Å². The van der Waals surface area contributed by atoms with E-state index in [1.165, 1.54) is 0 Å². The number of aromatic nitrogens is 4. The smallest absolute Gasteiger partial charge is 0.171 e. The number of hydrogen-bond donors (Lipinski definition) is 0. The van der Waals surface area contributed by atoms with Gasteiger partial charge in [-0.05, 0) is 13.8 Å². The van der Waals surface area contributed by atoms with Gasteiger partial charge in [0.05, 0.1) is 17.9 Å². The van der Waals surface area contributed by atoms with Crippen molar-refractivity contribution in [3.05, 3.63) is 34.8 Å². The fraction of sp³-hybridized carbons (Fsp3) is 0.417. The van der Waals surface area contributed by atoms with Crippen LogP contribution in [-0.2, 0) is 13.6 Å². The zero-order chi connectivity index (χ0) is 13.3. The highest BCUT2D eigenvalue weighted by molar-refractivity contribution is 6.31. The molecule has 0 fully saturated rings. The van der Waals surface area contributed by atoms with E-state index in [0.717, 1.165) is 17.2 Å². The predicted octanol–water partition coefficient (Wildman–Crippen LogP) is 2.12. The summed E-state index contributed by atoms with van der Waals surface area (Å²) in [7, 11) is 3.89. The minimum Gasteiger partial charge on any atom is -0.350 e. The van der Waals surface area contributed by atoms with Gasteiger partial charge < -0.3 is 9.47 Å². The molecular weight excluding hydrogens is 250 g/mol. The van der Waals surface area contributed by atoms with Gasteiger partial charge in [-0.1, -0.05) is 11.6 Å². The second-order valence-electron chi connectivity index (χ2n) is 4.32. The molecule has 2 heterocycles. The molecule has 0 spiro atoms. The van der Waals surface area contributed by atoms with E-state index in [2.05, 4.69) is 15.0 Å². The van der Waals surface area contributed by atoms with E-state index in [-0.39, 0.29) is 0 Å². The summed E-state index contributed by atoms with van der Waals surface area (Å²) in [6.07, 6.45) is 3.69. The lowest BCUT2D eigenvalue weighted by atomic mass is 10.3. The van der Waals surface area contributed by atoms with Crippen molar-refractivity contribution in [2.24, 2.45) is 7.05 Å². The molecular formula is C12H16ClN5. The average Bonchev–Trinajstić information content (AvgIpc) is 2.69. The molecule has 2 aromatic heterocycles. The highest BCUT2D eigenvalue weighted by Crippen LogP contribution is 2.22. The number of halogens is 1. The Morgan fingerprint density at radius 3 is 2.56 bits per heavy atom. The fourth-order valence-corrected chi connectivity index (χ4v) is 1.96. The molecule has 0 aliphatic carbocycles. The molecule has 0 aliphatic rings. The molecule has 2 rings (SSSR count). The number of anilines is 1. The van der Waals surface area contributed by atoms with Crippen LogP contribution < -0.4 is 4.90 Å². The van der Waals surface area contributed by atoms with Gasteiger partial charge in [-0.15, -0.1) is 0 Å². The summed E-state index contributed by atoms with van der Waals surface area (Å²) in [6, 6.07) is 0. The summed E-state index contributed by atoms with van der Waals surface area (Å²) < 4.78 is 1.97. The normalized spacial score (nSPS) is 10.7. The number of rotatable bonds is 3. The number of aryl methyl sites for hydroxylation is 3. The molecule has 18 heavy (non-hydrogen) atoms. The molecule has 0 atom stereocenters. The topological polar surface area (TPSA) is 46.8 Å². The number of imidazole rings is 1. The van der Waals surface area contributed by atoms with E-state index < -0.39 is 0 Å². The zero-order valence-corrected chi connectivity index (χ0v) is 11.7. The minimum absolute atomic E-state index is 0.426. The molecule has 0 saturated carbocycles. The molecule has 2 aromatic rings. The van der Waals surface area contributed by atoms with Crippen molar-refractivity contribution in [2.45, 2.75) is 20.4 Å². The molecule has 0 N–H and O–H groups in total. The van der Waals surface area contributed by atoms with Crippen molar-refractivity contribution in [3.63, 3.8) is 0 Å². The van der Waals surface area contributed by atoms with Crippen LogP contribution in [0.15, 0.2) is 12.4 Å². The van der Waals surface area contributed by atoms with E-state index in [9.17, 15) is 0 Å². The first-order chi connectivity index (χ1) is 8.49. The number of nitrogens with zero attached hydrogens (tertiary/aromatic N) is 5. The van der Waals surface area contributed by atoms with Crippen molar-refractivity contribution in [2.75, 3.05) is 11.9 Å². The lowest BCUT2D eigenvalue weighted by Crippen LogP contribution is -2.21. The first-order valence-electron chi connectivity index (χ1n) is 5.67. The van der Waals surface area contributed by atoms with Gasteiger partial charge in [-0.25, -0.2) is 15.0 Å². The largest absolute Gasteiger partial charge is 0.350 e. The van der Waals surface area contributed by atoms with Gasteiger partial charge in [0.2, 0.25) is 0 Å². The van der Waals surface area contributed by atoms with Crippen molar-refractivity contribution in [1.82, 2.24) is 19.5 Å². The van der Waals surface area contributed by atoms with Gasteiger partial charge in [-0.2, -0.15) is 0 Å². The Kier molecular flexibility index (Phi) is 3.52. The molecule has 0 amide bonds. The third kappa shape index (κ3) is 2.46. The van der Waals surface area contributed by atoms with Crippen LogP contribution >= 0.6 is 11.6 Å². The Morgan fingerprint density at radius 1 is 1.28 bits per heavy atom. The minimum atomic E-state index is 0.426. The average molecular weight is 266 g/mol. The van der Waals surface area contributed by atoms with Crippen LogP contribution in [0.25, 0.3) is 0 Å². The van der Waals surface area contributed by atoms with E-state index in [0.29, 0.717) is 17.5 Å². The first kappa shape index (κ1) is 12.8. The first-order valence-corrected chi connectivity index (χ1v) is 6.05. The van der Waals surface area contributed by atoms with E-state index in [1.807, 2.05) is 43.6 Å². The van der Waals surface area contributed by atoms with Crippen molar-refractivity contribution >= 4 is 17.4 Å². The third-order valence-corrected chi connectivity index (χ3v) is 3.16. The van der Waals surface area contributed by atoms with Gasteiger partial charge >= 0.3 is 0 Å². The lowest BCUT2D eigenvalue weighted by Gasteiger charge is -2.19. The van der Waals surface area contributed by atoms with Crippen molar-refractivity contribution in [1.29, 1.82) is 0 Å². The Labute approximate surface area is 111 Å². The van der Waals surface area contributed by atoms with E-state index in [4.69, 9.17) is 11.6 Å². The Morgan fingerprint density at radius 2 is 1.94 bits per heavy atom. The fourth-order valence-electron chi connectivity index (χ4n) is 1.64. The van der Waals surface area contributed by atoms with Gasteiger partial charge in [0.1, 0.15) is 5.82 Å².